The Labute approximate surface area is 130 Å². The Morgan fingerprint density at radius 1 is 1.05 bits per heavy atom. The molecule has 2 atom stereocenters. The molecule has 0 N–H and O–H groups in total. The molecule has 2 fully saturated rings. The predicted molar refractivity (Wildman–Crippen MR) is 86.2 cm³/mol. The first kappa shape index (κ1) is 13.4. The van der Waals surface area contributed by atoms with Gasteiger partial charge in [-0.3, -0.25) is 14.8 Å². The largest absolute Gasteiger partial charge is 0.294 e. The van der Waals surface area contributed by atoms with Crippen LogP contribution < -0.4 is 0 Å². The molecule has 2 aliphatic rings. The number of hydrogen-bond donors (Lipinski definition) is 0. The van der Waals surface area contributed by atoms with Crippen LogP contribution in [-0.4, -0.2) is 40.0 Å². The van der Waals surface area contributed by atoms with Crippen LogP contribution in [0.25, 0.3) is 0 Å². The average Bonchev–Trinajstić information content (AvgIpc) is 3.21. The van der Waals surface area contributed by atoms with Crippen molar-refractivity contribution in [1.82, 2.24) is 14.8 Å². The van der Waals surface area contributed by atoms with Gasteiger partial charge in [-0.1, -0.05) is 6.07 Å². The number of rotatable bonds is 4. The van der Waals surface area contributed by atoms with Crippen LogP contribution in [0.15, 0.2) is 41.4 Å². The second-order valence-corrected chi connectivity index (χ2v) is 6.93. The van der Waals surface area contributed by atoms with E-state index in [2.05, 4.69) is 37.7 Å². The molecule has 0 aliphatic carbocycles. The Kier molecular flexibility index (Phi) is 3.76. The summed E-state index contributed by atoms with van der Waals surface area (Å²) in [4.78, 5) is 9.59. The Hall–Kier alpha value is -1.23. The molecular formula is C17H21N3S. The second kappa shape index (κ2) is 5.87. The normalized spacial score (nSPS) is 26.3. The van der Waals surface area contributed by atoms with Gasteiger partial charge in [-0.15, -0.1) is 0 Å². The van der Waals surface area contributed by atoms with Crippen molar-refractivity contribution in [3.8, 4) is 0 Å². The van der Waals surface area contributed by atoms with Crippen LogP contribution in [0.4, 0.5) is 0 Å². The zero-order valence-electron chi connectivity index (χ0n) is 12.2. The number of likely N-dealkylation sites (tertiary alicyclic amines) is 2. The fourth-order valence-corrected chi connectivity index (χ4v) is 4.56. The van der Waals surface area contributed by atoms with E-state index in [4.69, 9.17) is 0 Å². The highest BCUT2D eigenvalue weighted by Crippen LogP contribution is 2.33. The highest BCUT2D eigenvalue weighted by molar-refractivity contribution is 7.07. The first-order valence-electron chi connectivity index (χ1n) is 7.78. The van der Waals surface area contributed by atoms with Crippen LogP contribution >= 0.6 is 11.3 Å². The molecule has 0 bridgehead atoms. The van der Waals surface area contributed by atoms with Crippen LogP contribution in [0.2, 0.25) is 0 Å². The van der Waals surface area contributed by atoms with Gasteiger partial charge in [0, 0.05) is 50.7 Å². The zero-order chi connectivity index (χ0) is 14.1. The summed E-state index contributed by atoms with van der Waals surface area (Å²) >= 11 is 1.81. The molecule has 0 amide bonds. The predicted octanol–water partition coefficient (Wildman–Crippen LogP) is 2.99. The highest BCUT2D eigenvalue weighted by Gasteiger charge is 2.41. The monoisotopic (exact) mass is 299 g/mol. The van der Waals surface area contributed by atoms with Crippen molar-refractivity contribution in [2.45, 2.75) is 38.0 Å². The quantitative estimate of drug-likeness (QED) is 0.865. The summed E-state index contributed by atoms with van der Waals surface area (Å²) in [5.74, 6) is 0. The minimum Gasteiger partial charge on any atom is -0.294 e. The molecule has 0 unspecified atom stereocenters. The number of hydrogen-bond acceptors (Lipinski definition) is 4. The zero-order valence-corrected chi connectivity index (χ0v) is 13.0. The molecule has 2 aromatic rings. The smallest absolute Gasteiger partial charge is 0.0312 e. The Morgan fingerprint density at radius 3 is 2.43 bits per heavy atom. The molecule has 21 heavy (non-hydrogen) atoms. The van der Waals surface area contributed by atoms with E-state index in [1.807, 2.05) is 18.5 Å². The molecule has 0 spiro atoms. The van der Waals surface area contributed by atoms with Gasteiger partial charge >= 0.3 is 0 Å². The summed E-state index contributed by atoms with van der Waals surface area (Å²) < 4.78 is 0. The molecule has 4 heterocycles. The molecule has 110 valence electrons. The van der Waals surface area contributed by atoms with Crippen LogP contribution in [0.3, 0.4) is 0 Å². The fraction of sp³-hybridized carbons (Fsp3) is 0.471. The van der Waals surface area contributed by atoms with E-state index >= 15 is 0 Å². The van der Waals surface area contributed by atoms with Crippen LogP contribution in [0, 0.1) is 0 Å². The lowest BCUT2D eigenvalue weighted by atomic mass is 10.1. The molecule has 0 saturated carbocycles. The van der Waals surface area contributed by atoms with Gasteiger partial charge in [-0.2, -0.15) is 11.3 Å². The topological polar surface area (TPSA) is 19.4 Å². The van der Waals surface area contributed by atoms with Gasteiger partial charge in [-0.05, 0) is 46.9 Å². The SMILES string of the molecule is c1cncc(CN2CC[C@H]3[C@H]2CCN3Cc2ccsc2)c1. The lowest BCUT2D eigenvalue weighted by Crippen LogP contribution is -2.35. The van der Waals surface area contributed by atoms with Crippen molar-refractivity contribution in [3.05, 3.63) is 52.5 Å². The second-order valence-electron chi connectivity index (χ2n) is 6.15. The van der Waals surface area contributed by atoms with Crippen LogP contribution in [-0.2, 0) is 13.1 Å². The van der Waals surface area contributed by atoms with Crippen molar-refractivity contribution in [3.63, 3.8) is 0 Å². The molecule has 3 nitrogen and oxygen atoms in total. The lowest BCUT2D eigenvalue weighted by Gasteiger charge is -2.25. The third kappa shape index (κ3) is 2.76. The Bertz CT molecular complexity index is 569. The highest BCUT2D eigenvalue weighted by atomic mass is 32.1. The Morgan fingerprint density at radius 2 is 1.81 bits per heavy atom. The van der Waals surface area contributed by atoms with E-state index in [9.17, 15) is 0 Å². The maximum absolute atomic E-state index is 4.24. The van der Waals surface area contributed by atoms with Crippen molar-refractivity contribution in [2.75, 3.05) is 13.1 Å². The molecule has 0 radical (unpaired) electrons. The van der Waals surface area contributed by atoms with Gasteiger partial charge in [0.15, 0.2) is 0 Å². The fourth-order valence-electron chi connectivity index (χ4n) is 3.90. The molecule has 2 aromatic heterocycles. The summed E-state index contributed by atoms with van der Waals surface area (Å²) in [6, 6.07) is 7.99. The van der Waals surface area contributed by atoms with Crippen molar-refractivity contribution >= 4 is 11.3 Å². The molecule has 2 saturated heterocycles. The van der Waals surface area contributed by atoms with Gasteiger partial charge in [0.1, 0.15) is 0 Å². The standard InChI is InChI=1S/C17H21N3S/c1-2-14(10-18-6-1)11-19-7-3-17-16(19)4-8-20(17)12-15-5-9-21-13-15/h1-2,5-6,9-10,13,16-17H,3-4,7-8,11-12H2/t16-,17+/m1/s1. The van der Waals surface area contributed by atoms with E-state index in [0.717, 1.165) is 25.2 Å². The number of fused-ring (bicyclic) bond motifs is 1. The molecule has 2 aliphatic heterocycles. The maximum atomic E-state index is 4.24. The van der Waals surface area contributed by atoms with E-state index in [-0.39, 0.29) is 0 Å². The molecule has 4 rings (SSSR count). The molecule has 0 aromatic carbocycles. The van der Waals surface area contributed by atoms with Gasteiger partial charge in [0.05, 0.1) is 0 Å². The van der Waals surface area contributed by atoms with Gasteiger partial charge in [-0.25, -0.2) is 0 Å². The summed E-state index contributed by atoms with van der Waals surface area (Å²) in [5.41, 5.74) is 2.82. The minimum absolute atomic E-state index is 0.740. The van der Waals surface area contributed by atoms with Gasteiger partial charge < -0.3 is 0 Å². The van der Waals surface area contributed by atoms with Gasteiger partial charge in [0.25, 0.3) is 0 Å². The average molecular weight is 299 g/mol. The van der Waals surface area contributed by atoms with E-state index < -0.39 is 0 Å². The summed E-state index contributed by atoms with van der Waals surface area (Å²) in [6.07, 6.45) is 6.49. The summed E-state index contributed by atoms with van der Waals surface area (Å²) in [6.45, 7) is 4.66. The minimum atomic E-state index is 0.740. The summed E-state index contributed by atoms with van der Waals surface area (Å²) in [7, 11) is 0. The molecular weight excluding hydrogens is 278 g/mol. The van der Waals surface area contributed by atoms with E-state index in [1.165, 1.54) is 37.1 Å². The van der Waals surface area contributed by atoms with Gasteiger partial charge in [0.2, 0.25) is 0 Å². The van der Waals surface area contributed by atoms with E-state index in [1.54, 1.807) is 11.3 Å². The van der Waals surface area contributed by atoms with Crippen LogP contribution in [0.1, 0.15) is 24.0 Å². The molecule has 4 heteroatoms. The first-order chi connectivity index (χ1) is 10.4. The van der Waals surface area contributed by atoms with Crippen molar-refractivity contribution in [1.29, 1.82) is 0 Å². The maximum Gasteiger partial charge on any atom is 0.0312 e. The number of aromatic nitrogens is 1. The van der Waals surface area contributed by atoms with E-state index in [0.29, 0.717) is 0 Å². The third-order valence-corrected chi connectivity index (χ3v) is 5.61. The lowest BCUT2D eigenvalue weighted by molar-refractivity contribution is 0.212. The number of nitrogens with zero attached hydrogens (tertiary/aromatic N) is 3. The summed E-state index contributed by atoms with van der Waals surface area (Å²) in [5, 5.41) is 4.47. The van der Waals surface area contributed by atoms with Crippen molar-refractivity contribution in [2.24, 2.45) is 0 Å². The number of pyridine rings is 1. The Balaban J connectivity index is 1.41. The van der Waals surface area contributed by atoms with Crippen molar-refractivity contribution < 1.29 is 0 Å². The third-order valence-electron chi connectivity index (χ3n) is 4.88. The first-order valence-corrected chi connectivity index (χ1v) is 8.72. The van der Waals surface area contributed by atoms with Crippen LogP contribution in [0.5, 0.6) is 0 Å². The number of thiophene rings is 1.